The zero-order chi connectivity index (χ0) is 15.2. The van der Waals surface area contributed by atoms with Gasteiger partial charge in [0.05, 0.1) is 17.2 Å². The van der Waals surface area contributed by atoms with Crippen molar-refractivity contribution in [1.82, 2.24) is 9.97 Å². The number of aryl methyl sites for hydroxylation is 1. The summed E-state index contributed by atoms with van der Waals surface area (Å²) in [6.07, 6.45) is 1.68. The van der Waals surface area contributed by atoms with Crippen molar-refractivity contribution in [3.63, 3.8) is 0 Å². The first-order chi connectivity index (χ1) is 9.88. The molecular formula is C16H21BN2O2. The van der Waals surface area contributed by atoms with Crippen LogP contribution >= 0.6 is 0 Å². The molecule has 1 aliphatic heterocycles. The number of fused-ring (bicyclic) bond motifs is 1. The third-order valence-electron chi connectivity index (χ3n) is 4.10. The largest absolute Gasteiger partial charge is 0.494 e. The maximum atomic E-state index is 6.15. The number of aromatic nitrogens is 2. The second-order valence-corrected chi connectivity index (χ2v) is 6.59. The molecule has 2 heterocycles. The van der Waals surface area contributed by atoms with E-state index in [1.54, 1.807) is 6.33 Å². The normalized spacial score (nSPS) is 21.4. The van der Waals surface area contributed by atoms with Crippen molar-refractivity contribution in [2.24, 2.45) is 5.92 Å². The molecule has 0 bridgehead atoms. The van der Waals surface area contributed by atoms with E-state index in [-0.39, 0.29) is 18.8 Å². The highest BCUT2D eigenvalue weighted by molar-refractivity contribution is 6.62. The summed E-state index contributed by atoms with van der Waals surface area (Å²) in [6, 6.07) is 6.11. The predicted octanol–water partition coefficient (Wildman–Crippen LogP) is 2.48. The summed E-state index contributed by atoms with van der Waals surface area (Å²) >= 11 is 0. The molecule has 110 valence electrons. The maximum absolute atomic E-state index is 6.15. The molecule has 1 fully saturated rings. The Bertz CT molecular complexity index is 672. The third-order valence-corrected chi connectivity index (χ3v) is 4.10. The van der Waals surface area contributed by atoms with Crippen LogP contribution in [0.4, 0.5) is 0 Å². The number of hydrogen-bond donors (Lipinski definition) is 0. The van der Waals surface area contributed by atoms with Gasteiger partial charge in [-0.3, -0.25) is 0 Å². The molecule has 0 saturated carbocycles. The summed E-state index contributed by atoms with van der Waals surface area (Å²) in [5.41, 5.74) is 2.66. The van der Waals surface area contributed by atoms with Crippen molar-refractivity contribution in [1.29, 1.82) is 0 Å². The van der Waals surface area contributed by atoms with Crippen LogP contribution in [-0.2, 0) is 9.31 Å². The molecule has 1 atom stereocenters. The maximum Gasteiger partial charge on any atom is 0.494 e. The fraction of sp³-hybridized carbons (Fsp3) is 0.500. The lowest BCUT2D eigenvalue weighted by molar-refractivity contribution is 0.0438. The highest BCUT2D eigenvalue weighted by Crippen LogP contribution is 2.32. The molecule has 1 aliphatic rings. The lowest BCUT2D eigenvalue weighted by Crippen LogP contribution is -2.37. The fourth-order valence-corrected chi connectivity index (χ4v) is 3.12. The molecule has 1 aromatic heterocycles. The van der Waals surface area contributed by atoms with Gasteiger partial charge in [0.15, 0.2) is 0 Å². The van der Waals surface area contributed by atoms with Crippen molar-refractivity contribution >= 4 is 23.5 Å². The van der Waals surface area contributed by atoms with E-state index in [0.717, 1.165) is 22.1 Å². The Morgan fingerprint density at radius 3 is 2.67 bits per heavy atom. The highest BCUT2D eigenvalue weighted by atomic mass is 16.7. The summed E-state index contributed by atoms with van der Waals surface area (Å²) in [5, 5.41) is 1.05. The lowest BCUT2D eigenvalue weighted by Gasteiger charge is -2.28. The molecule has 1 saturated heterocycles. The quantitative estimate of drug-likeness (QED) is 0.795. The molecule has 0 aliphatic carbocycles. The Labute approximate surface area is 126 Å². The van der Waals surface area contributed by atoms with E-state index in [0.29, 0.717) is 5.92 Å². The highest BCUT2D eigenvalue weighted by Gasteiger charge is 2.47. The van der Waals surface area contributed by atoms with Gasteiger partial charge in [-0.2, -0.15) is 0 Å². The second kappa shape index (κ2) is 5.07. The van der Waals surface area contributed by atoms with Crippen molar-refractivity contribution in [2.75, 3.05) is 0 Å². The Kier molecular flexibility index (Phi) is 3.50. The van der Waals surface area contributed by atoms with Gasteiger partial charge in [0.1, 0.15) is 6.33 Å². The van der Waals surface area contributed by atoms with E-state index in [1.165, 1.54) is 0 Å². The minimum Gasteiger partial charge on any atom is -0.401 e. The molecule has 21 heavy (non-hydrogen) atoms. The molecule has 1 unspecified atom stereocenters. The predicted molar refractivity (Wildman–Crippen MR) is 84.5 cm³/mol. The molecular weight excluding hydrogens is 263 g/mol. The van der Waals surface area contributed by atoms with E-state index < -0.39 is 0 Å². The van der Waals surface area contributed by atoms with Gasteiger partial charge in [0, 0.05) is 11.1 Å². The average molecular weight is 284 g/mol. The number of rotatable bonds is 2. The Hall–Kier alpha value is -1.46. The molecule has 5 heteroatoms. The fourth-order valence-electron chi connectivity index (χ4n) is 3.12. The number of benzene rings is 1. The summed E-state index contributed by atoms with van der Waals surface area (Å²) < 4.78 is 12.3. The molecule has 1 aromatic carbocycles. The standard InChI is InChI=1S/C16H21BN2O2/c1-10(2)15-16(4,5)21-17(20-15)12-6-7-14-13(8-12)11(3)18-9-19-14/h6-10,15H,1-5H3. The second-order valence-electron chi connectivity index (χ2n) is 6.59. The van der Waals surface area contributed by atoms with Gasteiger partial charge in [0.25, 0.3) is 0 Å². The van der Waals surface area contributed by atoms with E-state index >= 15 is 0 Å². The number of nitrogens with zero attached hydrogens (tertiary/aromatic N) is 2. The lowest BCUT2D eigenvalue weighted by atomic mass is 9.78. The minimum absolute atomic E-state index is 0.0892. The molecule has 0 radical (unpaired) electrons. The van der Waals surface area contributed by atoms with Crippen molar-refractivity contribution in [3.05, 3.63) is 30.2 Å². The minimum atomic E-state index is -0.323. The zero-order valence-corrected chi connectivity index (χ0v) is 13.3. The van der Waals surface area contributed by atoms with Gasteiger partial charge < -0.3 is 9.31 Å². The summed E-state index contributed by atoms with van der Waals surface area (Å²) in [4.78, 5) is 8.54. The van der Waals surface area contributed by atoms with Crippen LogP contribution in [-0.4, -0.2) is 28.8 Å². The monoisotopic (exact) mass is 284 g/mol. The van der Waals surface area contributed by atoms with Crippen LogP contribution in [0.25, 0.3) is 10.9 Å². The zero-order valence-electron chi connectivity index (χ0n) is 13.3. The number of hydrogen-bond acceptors (Lipinski definition) is 4. The smallest absolute Gasteiger partial charge is 0.401 e. The van der Waals surface area contributed by atoms with Crippen molar-refractivity contribution in [3.8, 4) is 0 Å². The molecule has 2 aromatic rings. The summed E-state index contributed by atoms with van der Waals surface area (Å²) in [7, 11) is -0.323. The van der Waals surface area contributed by atoms with E-state index in [2.05, 4.69) is 43.7 Å². The molecule has 0 spiro atoms. The van der Waals surface area contributed by atoms with Gasteiger partial charge in [-0.15, -0.1) is 0 Å². The third kappa shape index (κ3) is 2.56. The SMILES string of the molecule is Cc1ncnc2ccc(B3OC(C(C)C)C(C)(C)O3)cc12. The Balaban J connectivity index is 1.97. The first-order valence-corrected chi connectivity index (χ1v) is 7.43. The van der Waals surface area contributed by atoms with E-state index in [1.807, 2.05) is 19.1 Å². The topological polar surface area (TPSA) is 44.2 Å². The molecule has 0 amide bonds. The van der Waals surface area contributed by atoms with Crippen LogP contribution in [0.5, 0.6) is 0 Å². The van der Waals surface area contributed by atoms with Crippen molar-refractivity contribution < 1.29 is 9.31 Å². The van der Waals surface area contributed by atoms with Gasteiger partial charge in [0.2, 0.25) is 0 Å². The first-order valence-electron chi connectivity index (χ1n) is 7.43. The van der Waals surface area contributed by atoms with Gasteiger partial charge >= 0.3 is 7.12 Å². The summed E-state index contributed by atoms with van der Waals surface area (Å²) in [6.45, 7) is 10.5. The van der Waals surface area contributed by atoms with Crippen LogP contribution in [0.2, 0.25) is 0 Å². The average Bonchev–Trinajstić information content (AvgIpc) is 2.75. The Morgan fingerprint density at radius 2 is 2.00 bits per heavy atom. The van der Waals surface area contributed by atoms with Gasteiger partial charge in [-0.1, -0.05) is 26.0 Å². The van der Waals surface area contributed by atoms with E-state index in [9.17, 15) is 0 Å². The van der Waals surface area contributed by atoms with Gasteiger partial charge in [-0.05, 0) is 38.2 Å². The van der Waals surface area contributed by atoms with Crippen LogP contribution in [0.1, 0.15) is 33.4 Å². The van der Waals surface area contributed by atoms with E-state index in [4.69, 9.17) is 9.31 Å². The van der Waals surface area contributed by atoms with Crippen LogP contribution in [0, 0.1) is 12.8 Å². The van der Waals surface area contributed by atoms with Crippen LogP contribution in [0.15, 0.2) is 24.5 Å². The van der Waals surface area contributed by atoms with Crippen LogP contribution < -0.4 is 5.46 Å². The van der Waals surface area contributed by atoms with Gasteiger partial charge in [-0.25, -0.2) is 9.97 Å². The van der Waals surface area contributed by atoms with Crippen molar-refractivity contribution in [2.45, 2.75) is 46.3 Å². The Morgan fingerprint density at radius 1 is 1.24 bits per heavy atom. The molecule has 0 N–H and O–H groups in total. The first kappa shape index (κ1) is 14.5. The summed E-state index contributed by atoms with van der Waals surface area (Å²) in [5.74, 6) is 0.413. The molecule has 3 rings (SSSR count). The molecule has 4 nitrogen and oxygen atoms in total. The van der Waals surface area contributed by atoms with Crippen LogP contribution in [0.3, 0.4) is 0 Å².